The first-order valence-electron chi connectivity index (χ1n) is 6.49. The van der Waals surface area contributed by atoms with Gasteiger partial charge in [-0.1, -0.05) is 12.1 Å². The van der Waals surface area contributed by atoms with Crippen molar-refractivity contribution in [1.82, 2.24) is 9.97 Å². The highest BCUT2D eigenvalue weighted by molar-refractivity contribution is 5.87. The molecule has 21 heavy (non-hydrogen) atoms. The minimum absolute atomic E-state index is 0.291. The number of anilines is 1. The largest absolute Gasteiger partial charge is 0.478 e. The van der Waals surface area contributed by atoms with Gasteiger partial charge in [-0.2, -0.15) is 0 Å². The van der Waals surface area contributed by atoms with Crippen molar-refractivity contribution in [1.29, 1.82) is 0 Å². The van der Waals surface area contributed by atoms with Crippen molar-refractivity contribution in [3.05, 3.63) is 66.0 Å². The summed E-state index contributed by atoms with van der Waals surface area (Å²) in [5.74, 6) is -0.914. The number of fused-ring (bicyclic) bond motifs is 1. The van der Waals surface area contributed by atoms with E-state index in [4.69, 9.17) is 5.11 Å². The third-order valence-corrected chi connectivity index (χ3v) is 3.17. The van der Waals surface area contributed by atoms with Crippen molar-refractivity contribution in [3.8, 4) is 0 Å². The van der Waals surface area contributed by atoms with E-state index in [9.17, 15) is 4.79 Å². The van der Waals surface area contributed by atoms with Crippen LogP contribution < -0.4 is 5.32 Å². The average molecular weight is 279 g/mol. The summed E-state index contributed by atoms with van der Waals surface area (Å²) in [6, 6.07) is 12.6. The Morgan fingerprint density at radius 3 is 2.43 bits per heavy atom. The maximum absolute atomic E-state index is 10.8. The average Bonchev–Trinajstić information content (AvgIpc) is 2.53. The predicted molar refractivity (Wildman–Crippen MR) is 80.3 cm³/mol. The first-order valence-corrected chi connectivity index (χ1v) is 6.49. The molecule has 0 bridgehead atoms. The van der Waals surface area contributed by atoms with Crippen LogP contribution in [0.2, 0.25) is 0 Å². The van der Waals surface area contributed by atoms with Gasteiger partial charge in [0.15, 0.2) is 0 Å². The van der Waals surface area contributed by atoms with Gasteiger partial charge >= 0.3 is 5.97 Å². The van der Waals surface area contributed by atoms with Crippen LogP contribution in [0.1, 0.15) is 15.9 Å². The molecule has 0 spiro atoms. The minimum atomic E-state index is -0.914. The fraction of sp³-hybridized carbons (Fsp3) is 0.0625. The first-order chi connectivity index (χ1) is 10.2. The summed E-state index contributed by atoms with van der Waals surface area (Å²) in [7, 11) is 0. The second kappa shape index (κ2) is 5.58. The van der Waals surface area contributed by atoms with Crippen molar-refractivity contribution in [2.75, 3.05) is 5.32 Å². The quantitative estimate of drug-likeness (QED) is 0.768. The molecule has 1 aromatic heterocycles. The number of hydrogen-bond acceptors (Lipinski definition) is 4. The van der Waals surface area contributed by atoms with Gasteiger partial charge in [-0.05, 0) is 35.9 Å². The van der Waals surface area contributed by atoms with E-state index in [1.54, 1.807) is 36.7 Å². The highest BCUT2D eigenvalue weighted by atomic mass is 16.4. The van der Waals surface area contributed by atoms with Crippen LogP contribution in [0, 0.1) is 0 Å². The molecule has 2 N–H and O–H groups in total. The topological polar surface area (TPSA) is 75.1 Å². The summed E-state index contributed by atoms with van der Waals surface area (Å²) in [5, 5.41) is 12.1. The molecule has 5 nitrogen and oxygen atoms in total. The molecule has 3 rings (SSSR count). The van der Waals surface area contributed by atoms with Crippen LogP contribution >= 0.6 is 0 Å². The molecular weight excluding hydrogens is 266 g/mol. The zero-order valence-electron chi connectivity index (χ0n) is 11.2. The number of carbonyl (C=O) groups is 1. The van der Waals surface area contributed by atoms with Crippen LogP contribution in [-0.2, 0) is 6.54 Å². The van der Waals surface area contributed by atoms with E-state index in [2.05, 4.69) is 15.3 Å². The SMILES string of the molecule is O=C(O)c1ccc(CNc2ccc3nccnc3c2)cc1. The Labute approximate surface area is 121 Å². The minimum Gasteiger partial charge on any atom is -0.478 e. The molecule has 0 aliphatic heterocycles. The fourth-order valence-corrected chi connectivity index (χ4v) is 2.04. The third-order valence-electron chi connectivity index (χ3n) is 3.17. The van der Waals surface area contributed by atoms with Crippen LogP contribution in [-0.4, -0.2) is 21.0 Å². The molecule has 0 unspecified atom stereocenters. The van der Waals surface area contributed by atoms with E-state index in [0.717, 1.165) is 22.3 Å². The molecule has 0 amide bonds. The lowest BCUT2D eigenvalue weighted by molar-refractivity contribution is 0.0697. The Hall–Kier alpha value is -2.95. The van der Waals surface area contributed by atoms with Gasteiger partial charge in [0.25, 0.3) is 0 Å². The third kappa shape index (κ3) is 2.97. The number of carboxylic acid groups (broad SMARTS) is 1. The van der Waals surface area contributed by atoms with Crippen molar-refractivity contribution in [2.45, 2.75) is 6.54 Å². The van der Waals surface area contributed by atoms with Crippen LogP contribution in [0.4, 0.5) is 5.69 Å². The van der Waals surface area contributed by atoms with Crippen LogP contribution in [0.15, 0.2) is 54.9 Å². The second-order valence-electron chi connectivity index (χ2n) is 4.62. The summed E-state index contributed by atoms with van der Waals surface area (Å²) in [5.41, 5.74) is 3.95. The highest BCUT2D eigenvalue weighted by Crippen LogP contribution is 2.16. The molecule has 2 aromatic carbocycles. The second-order valence-corrected chi connectivity index (χ2v) is 4.62. The van der Waals surface area contributed by atoms with Gasteiger partial charge in [0, 0.05) is 24.6 Å². The van der Waals surface area contributed by atoms with Gasteiger partial charge in [-0.15, -0.1) is 0 Å². The Balaban J connectivity index is 1.72. The van der Waals surface area contributed by atoms with Gasteiger partial charge in [0.05, 0.1) is 16.6 Å². The van der Waals surface area contributed by atoms with E-state index in [1.807, 2.05) is 18.2 Å². The Morgan fingerprint density at radius 1 is 1.00 bits per heavy atom. The Kier molecular flexibility index (Phi) is 3.47. The van der Waals surface area contributed by atoms with Crippen molar-refractivity contribution in [3.63, 3.8) is 0 Å². The van der Waals surface area contributed by atoms with Crippen LogP contribution in [0.3, 0.4) is 0 Å². The number of benzene rings is 2. The highest BCUT2D eigenvalue weighted by Gasteiger charge is 2.02. The van der Waals surface area contributed by atoms with Crippen LogP contribution in [0.25, 0.3) is 11.0 Å². The Morgan fingerprint density at radius 2 is 1.71 bits per heavy atom. The lowest BCUT2D eigenvalue weighted by Crippen LogP contribution is -2.01. The van der Waals surface area contributed by atoms with Crippen molar-refractivity contribution >= 4 is 22.7 Å². The number of carboxylic acids is 1. The van der Waals surface area contributed by atoms with E-state index >= 15 is 0 Å². The molecule has 0 atom stereocenters. The van der Waals surface area contributed by atoms with E-state index < -0.39 is 5.97 Å². The van der Waals surface area contributed by atoms with Crippen molar-refractivity contribution in [2.24, 2.45) is 0 Å². The standard InChI is InChI=1S/C16H13N3O2/c20-16(21)12-3-1-11(2-4-12)10-19-13-5-6-14-15(9-13)18-8-7-17-14/h1-9,19H,10H2,(H,20,21). The molecule has 0 fully saturated rings. The zero-order valence-corrected chi connectivity index (χ0v) is 11.2. The zero-order chi connectivity index (χ0) is 14.7. The molecule has 3 aromatic rings. The summed E-state index contributed by atoms with van der Waals surface area (Å²) >= 11 is 0. The maximum Gasteiger partial charge on any atom is 0.335 e. The molecule has 5 heteroatoms. The number of aromatic carboxylic acids is 1. The molecular formula is C16H13N3O2. The molecule has 0 aliphatic rings. The monoisotopic (exact) mass is 279 g/mol. The number of nitrogens with one attached hydrogen (secondary N) is 1. The smallest absolute Gasteiger partial charge is 0.335 e. The molecule has 0 saturated carbocycles. The molecule has 0 aliphatic carbocycles. The van der Waals surface area contributed by atoms with Gasteiger partial charge in [0.2, 0.25) is 0 Å². The summed E-state index contributed by atoms with van der Waals surface area (Å²) in [6.45, 7) is 0.617. The van der Waals surface area contributed by atoms with Crippen LogP contribution in [0.5, 0.6) is 0 Å². The number of aromatic nitrogens is 2. The maximum atomic E-state index is 10.8. The number of nitrogens with zero attached hydrogens (tertiary/aromatic N) is 2. The van der Waals surface area contributed by atoms with E-state index in [0.29, 0.717) is 12.1 Å². The number of rotatable bonds is 4. The molecule has 104 valence electrons. The fourth-order valence-electron chi connectivity index (χ4n) is 2.04. The van der Waals surface area contributed by atoms with E-state index in [-0.39, 0.29) is 0 Å². The van der Waals surface area contributed by atoms with Gasteiger partial charge in [0.1, 0.15) is 0 Å². The summed E-state index contributed by atoms with van der Waals surface area (Å²) < 4.78 is 0. The predicted octanol–water partition coefficient (Wildman–Crippen LogP) is 2.94. The molecule has 0 saturated heterocycles. The number of hydrogen-bond donors (Lipinski definition) is 2. The lowest BCUT2D eigenvalue weighted by Gasteiger charge is -2.07. The van der Waals surface area contributed by atoms with Gasteiger partial charge in [-0.3, -0.25) is 9.97 Å². The molecule has 0 radical (unpaired) electrons. The summed E-state index contributed by atoms with van der Waals surface area (Å²) in [6.07, 6.45) is 3.33. The van der Waals surface area contributed by atoms with Crippen molar-refractivity contribution < 1.29 is 9.90 Å². The summed E-state index contributed by atoms with van der Waals surface area (Å²) in [4.78, 5) is 19.3. The Bertz CT molecular complexity index is 785. The van der Waals surface area contributed by atoms with Gasteiger partial charge < -0.3 is 10.4 Å². The van der Waals surface area contributed by atoms with E-state index in [1.165, 1.54) is 0 Å². The lowest BCUT2D eigenvalue weighted by atomic mass is 10.1. The normalized spacial score (nSPS) is 10.5. The van der Waals surface area contributed by atoms with Gasteiger partial charge in [-0.25, -0.2) is 4.79 Å². The first kappa shape index (κ1) is 13.1. The molecule has 1 heterocycles.